The summed E-state index contributed by atoms with van der Waals surface area (Å²) >= 11 is 0. The topological polar surface area (TPSA) is 34.4 Å². The van der Waals surface area contributed by atoms with Gasteiger partial charge in [0.05, 0.1) is 12.6 Å². The highest BCUT2D eigenvalue weighted by Crippen LogP contribution is 2.13. The summed E-state index contributed by atoms with van der Waals surface area (Å²) in [7, 11) is 0. The van der Waals surface area contributed by atoms with E-state index in [0.717, 1.165) is 37.5 Å². The van der Waals surface area contributed by atoms with E-state index in [1.165, 1.54) is 0 Å². The average Bonchev–Trinajstić information content (AvgIpc) is 2.74. The van der Waals surface area contributed by atoms with Crippen molar-refractivity contribution in [3.05, 3.63) is 23.7 Å². The highest BCUT2D eigenvalue weighted by molar-refractivity contribution is 5.06. The first-order valence-corrected chi connectivity index (χ1v) is 7.01. The third-order valence-corrected chi connectivity index (χ3v) is 2.76. The molecule has 1 aromatic rings. The van der Waals surface area contributed by atoms with Gasteiger partial charge in [-0.25, -0.2) is 0 Å². The minimum absolute atomic E-state index is 0.289. The predicted molar refractivity (Wildman–Crippen MR) is 74.4 cm³/mol. The SMILES string of the molecule is CCCNCc1ccc(COC(C)CC(C)C)o1. The quantitative estimate of drug-likeness (QED) is 0.681. The Morgan fingerprint density at radius 2 is 1.94 bits per heavy atom. The van der Waals surface area contributed by atoms with Gasteiger partial charge < -0.3 is 14.5 Å². The highest BCUT2D eigenvalue weighted by Gasteiger charge is 2.07. The van der Waals surface area contributed by atoms with E-state index < -0.39 is 0 Å². The number of furan rings is 1. The van der Waals surface area contributed by atoms with Gasteiger partial charge in [0, 0.05) is 0 Å². The van der Waals surface area contributed by atoms with Crippen LogP contribution < -0.4 is 5.32 Å². The zero-order valence-electron chi connectivity index (χ0n) is 12.2. The summed E-state index contributed by atoms with van der Waals surface area (Å²) in [6.07, 6.45) is 2.52. The van der Waals surface area contributed by atoms with Crippen LogP contribution in [0.1, 0.15) is 52.1 Å². The van der Waals surface area contributed by atoms with Crippen LogP contribution in [-0.4, -0.2) is 12.6 Å². The number of nitrogens with one attached hydrogen (secondary N) is 1. The van der Waals surface area contributed by atoms with E-state index in [-0.39, 0.29) is 6.10 Å². The van der Waals surface area contributed by atoms with E-state index in [1.54, 1.807) is 0 Å². The van der Waals surface area contributed by atoms with Gasteiger partial charge in [-0.1, -0.05) is 20.8 Å². The molecule has 0 saturated heterocycles. The monoisotopic (exact) mass is 253 g/mol. The Morgan fingerprint density at radius 1 is 1.22 bits per heavy atom. The van der Waals surface area contributed by atoms with Gasteiger partial charge in [0.15, 0.2) is 0 Å². The smallest absolute Gasteiger partial charge is 0.129 e. The molecule has 3 heteroatoms. The maximum absolute atomic E-state index is 5.76. The first-order chi connectivity index (χ1) is 8.61. The van der Waals surface area contributed by atoms with Crippen molar-refractivity contribution in [2.45, 2.75) is 59.8 Å². The Kier molecular flexibility index (Phi) is 7.06. The average molecular weight is 253 g/mol. The van der Waals surface area contributed by atoms with Gasteiger partial charge in [0.25, 0.3) is 0 Å². The van der Waals surface area contributed by atoms with Gasteiger partial charge in [-0.05, 0) is 44.4 Å². The van der Waals surface area contributed by atoms with Gasteiger partial charge in [0.2, 0.25) is 0 Å². The molecule has 1 heterocycles. The second-order valence-electron chi connectivity index (χ2n) is 5.30. The molecule has 0 amide bonds. The molecule has 1 atom stereocenters. The summed E-state index contributed by atoms with van der Waals surface area (Å²) in [5.74, 6) is 2.57. The Morgan fingerprint density at radius 3 is 2.61 bits per heavy atom. The van der Waals surface area contributed by atoms with Crippen LogP contribution in [0.5, 0.6) is 0 Å². The third-order valence-electron chi connectivity index (χ3n) is 2.76. The molecule has 0 aromatic carbocycles. The van der Waals surface area contributed by atoms with E-state index in [1.807, 2.05) is 12.1 Å². The second-order valence-corrected chi connectivity index (χ2v) is 5.30. The van der Waals surface area contributed by atoms with Crippen LogP contribution >= 0.6 is 0 Å². The lowest BCUT2D eigenvalue weighted by Gasteiger charge is -2.14. The van der Waals surface area contributed by atoms with Crippen molar-refractivity contribution in [1.82, 2.24) is 5.32 Å². The zero-order valence-corrected chi connectivity index (χ0v) is 12.2. The van der Waals surface area contributed by atoms with E-state index >= 15 is 0 Å². The molecule has 0 spiro atoms. The fraction of sp³-hybridized carbons (Fsp3) is 0.733. The molecule has 3 nitrogen and oxygen atoms in total. The molecule has 1 rings (SSSR count). The van der Waals surface area contributed by atoms with Crippen molar-refractivity contribution < 1.29 is 9.15 Å². The molecule has 104 valence electrons. The van der Waals surface area contributed by atoms with Crippen LogP contribution in [0.2, 0.25) is 0 Å². The highest BCUT2D eigenvalue weighted by atomic mass is 16.5. The van der Waals surface area contributed by atoms with Crippen LogP contribution in [0.25, 0.3) is 0 Å². The van der Waals surface area contributed by atoms with Crippen LogP contribution in [0, 0.1) is 5.92 Å². The largest absolute Gasteiger partial charge is 0.462 e. The molecule has 1 unspecified atom stereocenters. The molecule has 0 aliphatic carbocycles. The van der Waals surface area contributed by atoms with E-state index in [0.29, 0.717) is 12.5 Å². The minimum atomic E-state index is 0.289. The molecule has 18 heavy (non-hydrogen) atoms. The van der Waals surface area contributed by atoms with Crippen molar-refractivity contribution >= 4 is 0 Å². The molecule has 0 fully saturated rings. The van der Waals surface area contributed by atoms with Gasteiger partial charge in [-0.3, -0.25) is 0 Å². The Hall–Kier alpha value is -0.800. The molecular weight excluding hydrogens is 226 g/mol. The molecule has 0 aliphatic heterocycles. The van der Waals surface area contributed by atoms with Crippen molar-refractivity contribution in [2.24, 2.45) is 5.92 Å². The number of hydrogen-bond donors (Lipinski definition) is 1. The normalized spacial score (nSPS) is 13.2. The first kappa shape index (κ1) is 15.3. The van der Waals surface area contributed by atoms with Gasteiger partial charge in [0.1, 0.15) is 18.1 Å². The molecule has 0 bridgehead atoms. The van der Waals surface area contributed by atoms with Gasteiger partial charge in [-0.2, -0.15) is 0 Å². The fourth-order valence-electron chi connectivity index (χ4n) is 1.94. The maximum Gasteiger partial charge on any atom is 0.129 e. The Balaban J connectivity index is 2.26. The van der Waals surface area contributed by atoms with Crippen molar-refractivity contribution in [1.29, 1.82) is 0 Å². The summed E-state index contributed by atoms with van der Waals surface area (Å²) in [5, 5.41) is 3.32. The maximum atomic E-state index is 5.76. The lowest BCUT2D eigenvalue weighted by atomic mass is 10.1. The summed E-state index contributed by atoms with van der Waals surface area (Å²) in [6.45, 7) is 11.1. The van der Waals surface area contributed by atoms with E-state index in [2.05, 4.69) is 33.0 Å². The summed E-state index contributed by atoms with van der Waals surface area (Å²) < 4.78 is 11.5. The number of rotatable bonds is 9. The zero-order chi connectivity index (χ0) is 13.4. The first-order valence-electron chi connectivity index (χ1n) is 7.01. The van der Waals surface area contributed by atoms with E-state index in [4.69, 9.17) is 9.15 Å². The second kappa shape index (κ2) is 8.33. The lowest BCUT2D eigenvalue weighted by molar-refractivity contribution is 0.0298. The molecule has 1 N–H and O–H groups in total. The minimum Gasteiger partial charge on any atom is -0.462 e. The molecule has 0 aliphatic rings. The van der Waals surface area contributed by atoms with Crippen molar-refractivity contribution in [3.8, 4) is 0 Å². The summed E-state index contributed by atoms with van der Waals surface area (Å²) in [5.41, 5.74) is 0. The molecule has 0 saturated carbocycles. The van der Waals surface area contributed by atoms with Crippen molar-refractivity contribution in [3.63, 3.8) is 0 Å². The van der Waals surface area contributed by atoms with Gasteiger partial charge in [-0.15, -0.1) is 0 Å². The standard InChI is InChI=1S/C15H27NO2/c1-5-8-16-10-14-6-7-15(18-14)11-17-13(4)9-12(2)3/h6-7,12-13,16H,5,8-11H2,1-4H3. The van der Waals surface area contributed by atoms with Crippen LogP contribution in [0.3, 0.4) is 0 Å². The van der Waals surface area contributed by atoms with Crippen LogP contribution in [0.15, 0.2) is 16.5 Å². The number of ether oxygens (including phenoxy) is 1. The predicted octanol–water partition coefficient (Wildman–Crippen LogP) is 3.73. The molecule has 1 aromatic heterocycles. The Labute approximate surface area is 111 Å². The Bertz CT molecular complexity index is 320. The van der Waals surface area contributed by atoms with Gasteiger partial charge >= 0.3 is 0 Å². The van der Waals surface area contributed by atoms with Crippen LogP contribution in [0.4, 0.5) is 0 Å². The molecular formula is C15H27NO2. The van der Waals surface area contributed by atoms with Crippen LogP contribution in [-0.2, 0) is 17.9 Å². The fourth-order valence-corrected chi connectivity index (χ4v) is 1.94. The number of hydrogen-bond acceptors (Lipinski definition) is 3. The van der Waals surface area contributed by atoms with E-state index in [9.17, 15) is 0 Å². The molecule has 0 radical (unpaired) electrons. The lowest BCUT2D eigenvalue weighted by Crippen LogP contribution is -2.13. The third kappa shape index (κ3) is 6.22. The summed E-state index contributed by atoms with van der Waals surface area (Å²) in [6, 6.07) is 4.03. The van der Waals surface area contributed by atoms with Crippen molar-refractivity contribution in [2.75, 3.05) is 6.54 Å². The summed E-state index contributed by atoms with van der Waals surface area (Å²) in [4.78, 5) is 0.